The van der Waals surface area contributed by atoms with Crippen LogP contribution in [-0.2, 0) is 13.0 Å². The molecule has 98 valence electrons. The molecule has 0 fully saturated rings. The Morgan fingerprint density at radius 3 is 3.00 bits per heavy atom. The van der Waals surface area contributed by atoms with Gasteiger partial charge >= 0.3 is 0 Å². The summed E-state index contributed by atoms with van der Waals surface area (Å²) in [6.07, 6.45) is 1.09. The topological polar surface area (TPSA) is 58.4 Å². The van der Waals surface area contributed by atoms with Crippen molar-refractivity contribution in [1.82, 2.24) is 5.43 Å². The lowest BCUT2D eigenvalue weighted by molar-refractivity contribution is 0.0957. The molecule has 0 unspecified atom stereocenters. The maximum Gasteiger partial charge on any atom is 0.275 e. The molecule has 1 aliphatic rings. The van der Waals surface area contributed by atoms with Gasteiger partial charge in [0, 0.05) is 17.1 Å². The van der Waals surface area contributed by atoms with Crippen LogP contribution in [0.25, 0.3) is 0 Å². The number of carbonyl (C=O) groups excluding carboxylic acids is 1. The summed E-state index contributed by atoms with van der Waals surface area (Å²) in [7, 11) is 0. The Morgan fingerprint density at radius 2 is 2.16 bits per heavy atom. The van der Waals surface area contributed by atoms with Crippen molar-refractivity contribution in [2.45, 2.75) is 13.0 Å². The summed E-state index contributed by atoms with van der Waals surface area (Å²) in [5, 5.41) is 0. The van der Waals surface area contributed by atoms with Gasteiger partial charge in [-0.3, -0.25) is 10.2 Å². The molecule has 1 aromatic carbocycles. The van der Waals surface area contributed by atoms with E-state index in [1.165, 1.54) is 27.5 Å². The van der Waals surface area contributed by atoms with E-state index in [9.17, 15) is 4.79 Å². The molecule has 0 atom stereocenters. The van der Waals surface area contributed by atoms with E-state index in [4.69, 9.17) is 5.84 Å². The Hall–Kier alpha value is -1.85. The van der Waals surface area contributed by atoms with Crippen molar-refractivity contribution in [3.05, 3.63) is 51.7 Å². The van der Waals surface area contributed by atoms with Crippen molar-refractivity contribution in [1.29, 1.82) is 0 Å². The third-order valence-corrected chi connectivity index (χ3v) is 4.42. The van der Waals surface area contributed by atoms with Crippen LogP contribution in [0.15, 0.2) is 36.4 Å². The molecule has 1 amide bonds. The molecule has 0 saturated heterocycles. The van der Waals surface area contributed by atoms with Gasteiger partial charge in [0.15, 0.2) is 0 Å². The number of hydrogen-bond acceptors (Lipinski definition) is 4. The smallest absolute Gasteiger partial charge is 0.275 e. The highest BCUT2D eigenvalue weighted by Gasteiger charge is 2.19. The van der Waals surface area contributed by atoms with E-state index < -0.39 is 0 Å². The summed E-state index contributed by atoms with van der Waals surface area (Å²) in [6, 6.07) is 12.3. The number of nitrogen functional groups attached to an aromatic ring is 1. The molecule has 3 rings (SSSR count). The number of nitrogens with two attached hydrogens (primary N) is 1. The number of anilines is 1. The van der Waals surface area contributed by atoms with Gasteiger partial charge in [0.2, 0.25) is 0 Å². The molecule has 1 aliphatic heterocycles. The lowest BCUT2D eigenvalue weighted by Gasteiger charge is -2.18. The number of fused-ring (bicyclic) bond motifs is 1. The predicted octanol–water partition coefficient (Wildman–Crippen LogP) is 1.91. The van der Waals surface area contributed by atoms with Crippen LogP contribution < -0.4 is 16.2 Å². The number of thiophene rings is 1. The summed E-state index contributed by atoms with van der Waals surface area (Å²) in [5.74, 6) is 4.91. The Morgan fingerprint density at radius 1 is 1.32 bits per heavy atom. The van der Waals surface area contributed by atoms with E-state index in [1.807, 2.05) is 12.1 Å². The van der Waals surface area contributed by atoms with Gasteiger partial charge < -0.3 is 4.90 Å². The molecular formula is C14H15N3OS. The molecule has 0 aliphatic carbocycles. The number of nitrogens with zero attached hydrogens (tertiary/aromatic N) is 1. The zero-order valence-electron chi connectivity index (χ0n) is 10.4. The zero-order chi connectivity index (χ0) is 13.2. The normalized spacial score (nSPS) is 13.4. The Bertz CT molecular complexity index is 608. The molecule has 19 heavy (non-hydrogen) atoms. The van der Waals surface area contributed by atoms with E-state index in [1.54, 1.807) is 0 Å². The van der Waals surface area contributed by atoms with Crippen molar-refractivity contribution in [2.24, 2.45) is 5.84 Å². The average Bonchev–Trinajstić information content (AvgIpc) is 3.06. The number of rotatable bonds is 3. The molecule has 0 bridgehead atoms. The van der Waals surface area contributed by atoms with Gasteiger partial charge in [0.1, 0.15) is 0 Å². The number of nitrogens with one attached hydrogen (secondary N) is 1. The van der Waals surface area contributed by atoms with Crippen LogP contribution in [-0.4, -0.2) is 12.5 Å². The predicted molar refractivity (Wildman–Crippen MR) is 77.2 cm³/mol. The first kappa shape index (κ1) is 12.2. The second-order valence-electron chi connectivity index (χ2n) is 4.54. The SMILES string of the molecule is NNC(=O)c1ccc(CN2CCc3ccccc32)s1. The lowest BCUT2D eigenvalue weighted by Crippen LogP contribution is -2.29. The maximum absolute atomic E-state index is 11.4. The van der Waals surface area contributed by atoms with E-state index >= 15 is 0 Å². The standard InChI is InChI=1S/C14H15N3OS/c15-16-14(18)13-6-5-11(19-13)9-17-8-7-10-3-1-2-4-12(10)17/h1-6H,7-9,15H2,(H,16,18). The summed E-state index contributed by atoms with van der Waals surface area (Å²) < 4.78 is 0. The van der Waals surface area contributed by atoms with Gasteiger partial charge in [-0.1, -0.05) is 18.2 Å². The molecule has 5 heteroatoms. The monoisotopic (exact) mass is 273 g/mol. The minimum absolute atomic E-state index is 0.224. The summed E-state index contributed by atoms with van der Waals surface area (Å²) >= 11 is 1.49. The minimum atomic E-state index is -0.224. The van der Waals surface area contributed by atoms with Crippen molar-refractivity contribution >= 4 is 22.9 Å². The average molecular weight is 273 g/mol. The largest absolute Gasteiger partial charge is 0.366 e. The zero-order valence-corrected chi connectivity index (χ0v) is 11.2. The van der Waals surface area contributed by atoms with E-state index in [-0.39, 0.29) is 5.91 Å². The molecule has 3 N–H and O–H groups in total. The molecule has 1 aromatic heterocycles. The van der Waals surface area contributed by atoms with E-state index in [2.05, 4.69) is 34.6 Å². The highest BCUT2D eigenvalue weighted by Crippen LogP contribution is 2.30. The van der Waals surface area contributed by atoms with Crippen LogP contribution >= 0.6 is 11.3 Å². The van der Waals surface area contributed by atoms with Gasteiger partial charge in [-0.15, -0.1) is 11.3 Å². The number of hydrazine groups is 1. The van der Waals surface area contributed by atoms with Crippen molar-refractivity contribution < 1.29 is 4.79 Å². The molecule has 2 aromatic rings. The molecular weight excluding hydrogens is 258 g/mol. The van der Waals surface area contributed by atoms with Crippen LogP contribution in [0.3, 0.4) is 0 Å². The fourth-order valence-electron chi connectivity index (χ4n) is 2.41. The van der Waals surface area contributed by atoms with Crippen molar-refractivity contribution in [3.63, 3.8) is 0 Å². The Balaban J connectivity index is 1.76. The van der Waals surface area contributed by atoms with Crippen molar-refractivity contribution in [3.8, 4) is 0 Å². The third kappa shape index (κ3) is 2.34. The molecule has 2 heterocycles. The van der Waals surface area contributed by atoms with Crippen LogP contribution in [0.2, 0.25) is 0 Å². The number of amides is 1. The molecule has 0 spiro atoms. The number of carbonyl (C=O) groups is 1. The lowest BCUT2D eigenvalue weighted by atomic mass is 10.2. The highest BCUT2D eigenvalue weighted by atomic mass is 32.1. The number of benzene rings is 1. The van der Waals surface area contributed by atoms with Crippen LogP contribution in [0.5, 0.6) is 0 Å². The van der Waals surface area contributed by atoms with E-state index in [0.29, 0.717) is 4.88 Å². The van der Waals surface area contributed by atoms with Crippen LogP contribution in [0, 0.1) is 0 Å². The number of para-hydroxylation sites is 1. The molecule has 0 saturated carbocycles. The fourth-order valence-corrected chi connectivity index (χ4v) is 3.34. The molecule has 0 radical (unpaired) electrons. The maximum atomic E-state index is 11.4. The van der Waals surface area contributed by atoms with Gasteiger partial charge in [0.05, 0.1) is 11.4 Å². The summed E-state index contributed by atoms with van der Waals surface area (Å²) in [4.78, 5) is 15.6. The fraction of sp³-hybridized carbons (Fsp3) is 0.214. The first-order valence-corrected chi connectivity index (χ1v) is 7.02. The second-order valence-corrected chi connectivity index (χ2v) is 5.71. The van der Waals surface area contributed by atoms with Crippen molar-refractivity contribution in [2.75, 3.05) is 11.4 Å². The number of hydrogen-bond donors (Lipinski definition) is 2. The third-order valence-electron chi connectivity index (χ3n) is 3.35. The highest BCUT2D eigenvalue weighted by molar-refractivity contribution is 7.14. The van der Waals surface area contributed by atoms with Crippen LogP contribution in [0.1, 0.15) is 20.1 Å². The molecule has 4 nitrogen and oxygen atoms in total. The Kier molecular flexibility index (Phi) is 3.23. The van der Waals surface area contributed by atoms with Gasteiger partial charge in [0.25, 0.3) is 5.91 Å². The second kappa shape index (κ2) is 5.03. The quantitative estimate of drug-likeness (QED) is 0.510. The van der Waals surface area contributed by atoms with E-state index in [0.717, 1.165) is 19.5 Å². The van der Waals surface area contributed by atoms with Crippen LogP contribution in [0.4, 0.5) is 5.69 Å². The summed E-state index contributed by atoms with van der Waals surface area (Å²) in [6.45, 7) is 1.88. The summed E-state index contributed by atoms with van der Waals surface area (Å²) in [5.41, 5.74) is 4.87. The van der Waals surface area contributed by atoms with Gasteiger partial charge in [-0.2, -0.15) is 0 Å². The first-order valence-electron chi connectivity index (χ1n) is 6.20. The minimum Gasteiger partial charge on any atom is -0.366 e. The first-order chi connectivity index (χ1) is 9.28. The van der Waals surface area contributed by atoms with Gasteiger partial charge in [-0.05, 0) is 30.2 Å². The Labute approximate surface area is 115 Å². The van der Waals surface area contributed by atoms with Gasteiger partial charge in [-0.25, -0.2) is 5.84 Å².